The van der Waals surface area contributed by atoms with E-state index in [1.54, 1.807) is 20.8 Å². The summed E-state index contributed by atoms with van der Waals surface area (Å²) in [7, 11) is 7.90. The van der Waals surface area contributed by atoms with Gasteiger partial charge in [0.2, 0.25) is 70.9 Å². The second-order valence-electron chi connectivity index (χ2n) is 29.3. The number of aryl methyl sites for hydroxylation is 1. The third-order valence-corrected chi connectivity index (χ3v) is 21.6. The minimum atomic E-state index is -5.44. The highest BCUT2D eigenvalue weighted by Gasteiger charge is 2.54. The SMILES string of the molecule is CCO[C@@H]1C[C@H]2C(=O)NC3(CCC3)C(=O)N(C)[C@@H](C3CCCC3)C(=O)N(C)[C@H](C(=O)N3CCOCC3)CC(=O)N(C)[C@@H](CC(C)C)C(=O)N[C@@H]([C@@H](C)CC)C(=O)N(C)CC(=O)N(C)[C@H]3CCCCCN(C3=O)[C@@H](CC(=O)O)C(=O)N(C)CC(=O)N[C@@H](CCc3cc(F)c(C(F)(F)F)c(F)c3)C(=O)N2C1. The molecule has 6 fully saturated rings. The van der Waals surface area contributed by atoms with E-state index in [9.17, 15) is 51.8 Å². The van der Waals surface area contributed by atoms with E-state index >= 15 is 37.5 Å². The van der Waals surface area contributed by atoms with Crippen LogP contribution < -0.4 is 16.0 Å². The van der Waals surface area contributed by atoms with E-state index in [0.717, 1.165) is 36.4 Å². The zero-order valence-electron chi connectivity index (χ0n) is 61.7. The van der Waals surface area contributed by atoms with Crippen LogP contribution in [-0.2, 0) is 84.4 Å². The summed E-state index contributed by atoms with van der Waals surface area (Å²) in [6, 6.07) is -11.0. The highest BCUT2D eigenvalue weighted by atomic mass is 19.4. The molecule has 1 spiro atoms. The van der Waals surface area contributed by atoms with Gasteiger partial charge in [-0.1, -0.05) is 59.8 Å². The minimum Gasteiger partial charge on any atom is -0.481 e. The number of amides is 12. The number of carbonyl (C=O) groups excluding carboxylic acids is 12. The molecule has 4 aliphatic heterocycles. The zero-order chi connectivity index (χ0) is 77.0. The van der Waals surface area contributed by atoms with Gasteiger partial charge in [0.05, 0.1) is 45.2 Å². The summed E-state index contributed by atoms with van der Waals surface area (Å²) in [5.41, 5.74) is -4.26. The molecule has 2 aliphatic carbocycles. The fourth-order valence-corrected chi connectivity index (χ4v) is 15.1. The number of hydrogen-bond acceptors (Lipinski definition) is 15. The van der Waals surface area contributed by atoms with Crippen molar-refractivity contribution in [1.82, 2.24) is 60.0 Å². The van der Waals surface area contributed by atoms with E-state index in [2.05, 4.69) is 16.0 Å². The predicted molar refractivity (Wildman–Crippen MR) is 364 cm³/mol. The largest absolute Gasteiger partial charge is 0.481 e. The first-order chi connectivity index (χ1) is 49.0. The minimum absolute atomic E-state index is 0.0224. The first kappa shape index (κ1) is 83.2. The Morgan fingerprint density at radius 2 is 1.31 bits per heavy atom. The summed E-state index contributed by atoms with van der Waals surface area (Å²) >= 11 is 0. The number of carboxylic acid groups (broad SMARTS) is 1. The van der Waals surface area contributed by atoms with Crippen molar-refractivity contribution in [2.24, 2.45) is 17.8 Å². The molecule has 104 heavy (non-hydrogen) atoms. The maximum atomic E-state index is 15.7. The molecule has 12 amide bonds. The van der Waals surface area contributed by atoms with Crippen LogP contribution in [0.5, 0.6) is 0 Å². The van der Waals surface area contributed by atoms with Crippen LogP contribution in [0.4, 0.5) is 22.0 Å². The van der Waals surface area contributed by atoms with Crippen LogP contribution in [0, 0.1) is 29.4 Å². The molecule has 2 saturated carbocycles. The Kier molecular flexibility index (Phi) is 29.0. The molecule has 580 valence electrons. The molecule has 0 unspecified atom stereocenters. The number of carbonyl (C=O) groups is 13. The second kappa shape index (κ2) is 36.3. The molecular formula is C71H105F5N12O16. The number of carboxylic acids is 1. The van der Waals surface area contributed by atoms with Crippen LogP contribution in [0.1, 0.15) is 155 Å². The maximum absolute atomic E-state index is 15.7. The van der Waals surface area contributed by atoms with E-state index in [-0.39, 0.29) is 96.0 Å². The average molecular weight is 1480 g/mol. The number of likely N-dealkylation sites (N-methyl/N-ethyl adjacent to an activating group) is 6. The highest BCUT2D eigenvalue weighted by molar-refractivity contribution is 6.01. The standard InChI is InChI=1S/C71H105F5N12O16/c1-12-42(5)59-67(100)81(7)40-56(91)82(8)49-22-15-14-18-27-87(66(49)99)53(37-57(92)93)64(97)80(6)39-54(89)77-48(24-23-43-33-46(72)58(47(73)34-43)71(74,75)76)63(96)88-38-45(104-13-2)35-51(88)62(95)79-70(25-19-26-70)69(102)85(11)60(44-20-16-17-21-44)68(101)84(10)52(65(98)86-28-30-103-31-29-86)36-55(90)83(9)50(32-41(3)4)61(94)78-59/h33-34,41-42,44-45,48-53,59-60H,12-32,35-40H2,1-11H3,(H,77,89)(H,78,94)(H,79,95)(H,92,93)/t42-,45+,48-,49-,50-,51-,52-,53-,59-,60-/m0/s1. The van der Waals surface area contributed by atoms with Crippen molar-refractivity contribution < 1.29 is 98.9 Å². The summed E-state index contributed by atoms with van der Waals surface area (Å²) < 4.78 is 83.1. The van der Waals surface area contributed by atoms with Crippen molar-refractivity contribution in [1.29, 1.82) is 0 Å². The van der Waals surface area contributed by atoms with Crippen molar-refractivity contribution in [3.63, 3.8) is 0 Å². The van der Waals surface area contributed by atoms with E-state index in [1.807, 2.05) is 13.8 Å². The van der Waals surface area contributed by atoms with Crippen LogP contribution in [0.3, 0.4) is 0 Å². The number of alkyl halides is 3. The number of nitrogens with zero attached hydrogens (tertiary/aromatic N) is 9. The topological polar surface area (TPSA) is 326 Å². The Hall–Kier alpha value is -8.10. The van der Waals surface area contributed by atoms with Crippen molar-refractivity contribution in [2.45, 2.75) is 216 Å². The molecule has 1 aromatic rings. The summed E-state index contributed by atoms with van der Waals surface area (Å²) in [6.07, 6.45) is -5.03. The smallest absolute Gasteiger partial charge is 0.422 e. The summed E-state index contributed by atoms with van der Waals surface area (Å²) in [6.45, 7) is 7.24. The lowest BCUT2D eigenvalue weighted by atomic mass is 9.74. The number of benzene rings is 1. The molecular weight excluding hydrogens is 1370 g/mol. The number of nitrogens with one attached hydrogen (secondary N) is 3. The average Bonchev–Trinajstić information content (AvgIpc) is 1.36. The normalized spacial score (nSPS) is 27.2. The van der Waals surface area contributed by atoms with Crippen molar-refractivity contribution in [2.75, 3.05) is 101 Å². The third-order valence-electron chi connectivity index (χ3n) is 21.6. The first-order valence-electron chi connectivity index (χ1n) is 36.3. The lowest BCUT2D eigenvalue weighted by molar-refractivity contribution is -0.159. The number of rotatable bonds is 13. The molecule has 33 heteroatoms. The second-order valence-corrected chi connectivity index (χ2v) is 29.3. The Labute approximate surface area is 604 Å². The molecule has 7 rings (SSSR count). The molecule has 6 aliphatic rings. The van der Waals surface area contributed by atoms with Gasteiger partial charge < -0.3 is 74.6 Å². The van der Waals surface area contributed by atoms with E-state index in [1.165, 1.54) is 49.9 Å². The van der Waals surface area contributed by atoms with Gasteiger partial charge in [-0.05, 0) is 107 Å². The first-order valence-corrected chi connectivity index (χ1v) is 36.3. The van der Waals surface area contributed by atoms with Gasteiger partial charge >= 0.3 is 12.1 Å². The molecule has 4 saturated heterocycles. The zero-order valence-corrected chi connectivity index (χ0v) is 61.7. The Morgan fingerprint density at radius 3 is 1.88 bits per heavy atom. The van der Waals surface area contributed by atoms with Gasteiger partial charge in [-0.25, -0.2) is 8.78 Å². The van der Waals surface area contributed by atoms with Crippen molar-refractivity contribution >= 4 is 76.9 Å². The van der Waals surface area contributed by atoms with Gasteiger partial charge in [-0.2, -0.15) is 13.2 Å². The van der Waals surface area contributed by atoms with Crippen molar-refractivity contribution in [3.8, 4) is 0 Å². The summed E-state index contributed by atoms with van der Waals surface area (Å²) in [5.74, 6) is -16.7. The molecule has 0 aromatic heterocycles. The van der Waals surface area contributed by atoms with Crippen LogP contribution in [0.15, 0.2) is 12.1 Å². The van der Waals surface area contributed by atoms with Gasteiger partial charge in [0.25, 0.3) is 0 Å². The molecule has 0 radical (unpaired) electrons. The van der Waals surface area contributed by atoms with Crippen molar-refractivity contribution in [3.05, 3.63) is 34.9 Å². The summed E-state index contributed by atoms with van der Waals surface area (Å²) in [4.78, 5) is 203. The Balaban J connectivity index is 1.33. The number of morpholine rings is 1. The Morgan fingerprint density at radius 1 is 0.683 bits per heavy atom. The number of aliphatic carboxylic acids is 1. The van der Waals surface area contributed by atoms with Crippen LogP contribution in [0.25, 0.3) is 0 Å². The lowest BCUT2D eigenvalue weighted by Gasteiger charge is -2.47. The van der Waals surface area contributed by atoms with Gasteiger partial charge in [0.15, 0.2) is 0 Å². The highest BCUT2D eigenvalue weighted by Crippen LogP contribution is 2.39. The maximum Gasteiger partial charge on any atom is 0.422 e. The number of hydrogen-bond donors (Lipinski definition) is 4. The fraction of sp³-hybridized carbons (Fsp3) is 0.732. The third kappa shape index (κ3) is 19.9. The molecule has 28 nitrogen and oxygen atoms in total. The number of halogens is 5. The van der Waals surface area contributed by atoms with Gasteiger partial charge in [-0.15, -0.1) is 0 Å². The van der Waals surface area contributed by atoms with Crippen LogP contribution in [0.2, 0.25) is 0 Å². The van der Waals surface area contributed by atoms with Crippen LogP contribution >= 0.6 is 0 Å². The quantitative estimate of drug-likeness (QED) is 0.206. The molecule has 4 heterocycles. The van der Waals surface area contributed by atoms with E-state index in [4.69, 9.17) is 9.47 Å². The monoisotopic (exact) mass is 1480 g/mol. The predicted octanol–water partition coefficient (Wildman–Crippen LogP) is 2.95. The molecule has 1 aromatic carbocycles. The molecule has 4 N–H and O–H groups in total. The number of fused-ring (bicyclic) bond motifs is 3. The van der Waals surface area contributed by atoms with Gasteiger partial charge in [-0.3, -0.25) is 62.3 Å². The van der Waals surface area contributed by atoms with E-state index < -0.39 is 211 Å². The van der Waals surface area contributed by atoms with Gasteiger partial charge in [0, 0.05) is 81.5 Å². The molecule has 10 atom stereocenters. The molecule has 2 bridgehead atoms. The van der Waals surface area contributed by atoms with Crippen LogP contribution in [-0.4, -0.2) is 287 Å². The lowest BCUT2D eigenvalue weighted by Crippen LogP contribution is -2.68. The number of ether oxygens (including phenoxy) is 2. The Bertz CT molecular complexity index is 3310. The fourth-order valence-electron chi connectivity index (χ4n) is 15.1. The van der Waals surface area contributed by atoms with E-state index in [0.29, 0.717) is 63.5 Å². The van der Waals surface area contributed by atoms with Gasteiger partial charge in [0.1, 0.15) is 71.1 Å². The summed E-state index contributed by atoms with van der Waals surface area (Å²) in [5, 5.41) is 18.6.